The zero-order valence-corrected chi connectivity index (χ0v) is 8.85. The number of aromatic nitrogens is 2. The predicted molar refractivity (Wildman–Crippen MR) is 58.6 cm³/mol. The molecule has 0 saturated heterocycles. The van der Waals surface area contributed by atoms with Crippen LogP contribution in [0.1, 0.15) is 10.4 Å². The first-order chi connectivity index (χ1) is 6.75. The molecule has 0 aromatic carbocycles. The summed E-state index contributed by atoms with van der Waals surface area (Å²) in [5.74, 6) is 0.530. The van der Waals surface area contributed by atoms with E-state index in [0.29, 0.717) is 10.8 Å². The topological polar surface area (TPSA) is 51.8 Å². The van der Waals surface area contributed by atoms with Crippen LogP contribution in [0.3, 0.4) is 0 Å². The molecule has 0 aliphatic heterocycles. The second-order valence-electron chi connectivity index (χ2n) is 2.84. The van der Waals surface area contributed by atoms with Crippen molar-refractivity contribution in [2.24, 2.45) is 0 Å². The van der Waals surface area contributed by atoms with Crippen LogP contribution < -0.4 is 5.73 Å². The Morgan fingerprint density at radius 1 is 1.43 bits per heavy atom. The van der Waals surface area contributed by atoms with Crippen molar-refractivity contribution in [3.8, 4) is 0 Å². The Hall–Kier alpha value is -1.13. The molecule has 0 aliphatic carbocycles. The average Bonchev–Trinajstić information content (AvgIpc) is 2.64. The Morgan fingerprint density at radius 2 is 2.29 bits per heavy atom. The van der Waals surface area contributed by atoms with E-state index in [4.69, 9.17) is 17.3 Å². The molecule has 2 N–H and O–H groups in total. The van der Waals surface area contributed by atoms with Crippen molar-refractivity contribution < 1.29 is 0 Å². The fourth-order valence-corrected chi connectivity index (χ4v) is 1.95. The van der Waals surface area contributed by atoms with Gasteiger partial charge in [0.25, 0.3) is 0 Å². The number of pyridine rings is 1. The van der Waals surface area contributed by atoms with Crippen LogP contribution >= 0.6 is 22.9 Å². The van der Waals surface area contributed by atoms with Crippen LogP contribution in [0.4, 0.5) is 5.82 Å². The maximum atomic E-state index is 5.83. The van der Waals surface area contributed by atoms with E-state index in [0.717, 1.165) is 16.9 Å². The highest BCUT2D eigenvalue weighted by molar-refractivity contribution is 7.09. The lowest BCUT2D eigenvalue weighted by molar-refractivity contribution is 1.17. The summed E-state index contributed by atoms with van der Waals surface area (Å²) in [6, 6.07) is 1.84. The van der Waals surface area contributed by atoms with Crippen molar-refractivity contribution >= 4 is 28.8 Å². The minimum Gasteiger partial charge on any atom is -0.383 e. The quantitative estimate of drug-likeness (QED) is 0.854. The molecule has 72 valence electrons. The van der Waals surface area contributed by atoms with E-state index in [-0.39, 0.29) is 0 Å². The first kappa shape index (κ1) is 9.43. The third kappa shape index (κ3) is 2.02. The number of nitrogens with zero attached hydrogens (tertiary/aromatic N) is 2. The van der Waals surface area contributed by atoms with Crippen LogP contribution in [0, 0.1) is 0 Å². The summed E-state index contributed by atoms with van der Waals surface area (Å²) < 4.78 is 0. The van der Waals surface area contributed by atoms with Crippen LogP contribution in [0.25, 0.3) is 0 Å². The van der Waals surface area contributed by atoms with Crippen molar-refractivity contribution in [3.05, 3.63) is 39.4 Å². The van der Waals surface area contributed by atoms with Gasteiger partial charge in [-0.1, -0.05) is 11.6 Å². The van der Waals surface area contributed by atoms with E-state index in [1.165, 1.54) is 0 Å². The molecule has 2 heterocycles. The molecule has 3 nitrogen and oxygen atoms in total. The monoisotopic (exact) mass is 225 g/mol. The lowest BCUT2D eigenvalue weighted by Gasteiger charge is -2.02. The standard InChI is InChI=1S/C9H8ClN3S/c10-7-1-6(9(11)13-3-7)2-8-4-12-5-14-8/h1,3-5H,2H2,(H2,11,13). The number of thiazole rings is 1. The van der Waals surface area contributed by atoms with Gasteiger partial charge in [-0.2, -0.15) is 0 Å². The first-order valence-corrected chi connectivity index (χ1v) is 5.29. The predicted octanol–water partition coefficient (Wildman–Crippen LogP) is 2.36. The Kier molecular flexibility index (Phi) is 2.65. The third-order valence-electron chi connectivity index (χ3n) is 1.82. The van der Waals surface area contributed by atoms with Crippen LogP contribution in [0.5, 0.6) is 0 Å². The zero-order chi connectivity index (χ0) is 9.97. The number of nitrogen functional groups attached to an aromatic ring is 1. The highest BCUT2D eigenvalue weighted by Crippen LogP contribution is 2.19. The Morgan fingerprint density at radius 3 is 3.00 bits per heavy atom. The molecular formula is C9H8ClN3S. The molecule has 0 saturated carbocycles. The fourth-order valence-electron chi connectivity index (χ4n) is 1.15. The van der Waals surface area contributed by atoms with Gasteiger partial charge in [0, 0.05) is 29.3 Å². The molecule has 2 rings (SSSR count). The second kappa shape index (κ2) is 3.94. The lowest BCUT2D eigenvalue weighted by atomic mass is 10.2. The summed E-state index contributed by atoms with van der Waals surface area (Å²) >= 11 is 7.42. The molecule has 2 aromatic heterocycles. The van der Waals surface area contributed by atoms with Gasteiger partial charge in [0.2, 0.25) is 0 Å². The highest BCUT2D eigenvalue weighted by Gasteiger charge is 2.04. The Balaban J connectivity index is 2.28. The molecule has 0 amide bonds. The van der Waals surface area contributed by atoms with Gasteiger partial charge in [-0.15, -0.1) is 11.3 Å². The number of halogens is 1. The molecule has 0 radical (unpaired) electrons. The molecule has 0 fully saturated rings. The van der Waals surface area contributed by atoms with E-state index in [1.807, 2.05) is 12.3 Å². The van der Waals surface area contributed by atoms with Crippen molar-refractivity contribution in [2.45, 2.75) is 6.42 Å². The maximum Gasteiger partial charge on any atom is 0.126 e. The number of hydrogen-bond donors (Lipinski definition) is 1. The van der Waals surface area contributed by atoms with Crippen molar-refractivity contribution in [2.75, 3.05) is 5.73 Å². The number of nitrogens with two attached hydrogens (primary N) is 1. The van der Waals surface area contributed by atoms with E-state index in [1.54, 1.807) is 23.0 Å². The van der Waals surface area contributed by atoms with E-state index < -0.39 is 0 Å². The summed E-state index contributed by atoms with van der Waals surface area (Å²) in [6.07, 6.45) is 4.11. The highest BCUT2D eigenvalue weighted by atomic mass is 35.5. The molecule has 0 aliphatic rings. The molecule has 0 bridgehead atoms. The van der Waals surface area contributed by atoms with Gasteiger partial charge in [-0.3, -0.25) is 4.98 Å². The summed E-state index contributed by atoms with van der Waals surface area (Å²) in [7, 11) is 0. The molecule has 0 spiro atoms. The molecule has 2 aromatic rings. The molecular weight excluding hydrogens is 218 g/mol. The smallest absolute Gasteiger partial charge is 0.126 e. The van der Waals surface area contributed by atoms with Gasteiger partial charge >= 0.3 is 0 Å². The van der Waals surface area contributed by atoms with Crippen LogP contribution in [0.2, 0.25) is 5.02 Å². The Labute approximate surface area is 90.6 Å². The minimum absolute atomic E-state index is 0.530. The van der Waals surface area contributed by atoms with Crippen molar-refractivity contribution in [1.82, 2.24) is 9.97 Å². The van der Waals surface area contributed by atoms with E-state index in [2.05, 4.69) is 9.97 Å². The normalized spacial score (nSPS) is 10.4. The van der Waals surface area contributed by atoms with E-state index in [9.17, 15) is 0 Å². The number of anilines is 1. The van der Waals surface area contributed by atoms with Gasteiger partial charge in [0.05, 0.1) is 10.5 Å². The molecule has 5 heteroatoms. The lowest BCUT2D eigenvalue weighted by Crippen LogP contribution is -1.97. The minimum atomic E-state index is 0.530. The Bertz CT molecular complexity index is 428. The average molecular weight is 226 g/mol. The van der Waals surface area contributed by atoms with Gasteiger partial charge in [-0.25, -0.2) is 4.98 Å². The molecule has 0 unspecified atom stereocenters. The molecule has 0 atom stereocenters. The SMILES string of the molecule is Nc1ncc(Cl)cc1Cc1cncs1. The van der Waals surface area contributed by atoms with Crippen molar-refractivity contribution in [1.29, 1.82) is 0 Å². The maximum absolute atomic E-state index is 5.83. The second-order valence-corrected chi connectivity index (χ2v) is 4.25. The first-order valence-electron chi connectivity index (χ1n) is 4.03. The summed E-state index contributed by atoms with van der Waals surface area (Å²) in [5.41, 5.74) is 8.46. The molecule has 14 heavy (non-hydrogen) atoms. The van der Waals surface area contributed by atoms with Gasteiger partial charge < -0.3 is 5.73 Å². The van der Waals surface area contributed by atoms with Crippen LogP contribution in [-0.2, 0) is 6.42 Å². The largest absolute Gasteiger partial charge is 0.383 e. The zero-order valence-electron chi connectivity index (χ0n) is 7.27. The van der Waals surface area contributed by atoms with Crippen molar-refractivity contribution in [3.63, 3.8) is 0 Å². The number of rotatable bonds is 2. The fraction of sp³-hybridized carbons (Fsp3) is 0.111. The summed E-state index contributed by atoms with van der Waals surface area (Å²) in [6.45, 7) is 0. The van der Waals surface area contributed by atoms with Crippen LogP contribution in [-0.4, -0.2) is 9.97 Å². The third-order valence-corrected chi connectivity index (χ3v) is 2.80. The number of hydrogen-bond acceptors (Lipinski definition) is 4. The van der Waals surface area contributed by atoms with Crippen LogP contribution in [0.15, 0.2) is 24.0 Å². The summed E-state index contributed by atoms with van der Waals surface area (Å²) in [5, 5.41) is 0.610. The van der Waals surface area contributed by atoms with Gasteiger partial charge in [0.1, 0.15) is 5.82 Å². The summed E-state index contributed by atoms with van der Waals surface area (Å²) in [4.78, 5) is 9.14. The van der Waals surface area contributed by atoms with Gasteiger partial charge in [0.15, 0.2) is 0 Å². The van der Waals surface area contributed by atoms with Gasteiger partial charge in [-0.05, 0) is 6.07 Å². The van der Waals surface area contributed by atoms with E-state index >= 15 is 0 Å².